The van der Waals surface area contributed by atoms with Gasteiger partial charge >= 0.3 is 0 Å². The smallest absolute Gasteiger partial charge is 0.241 e. The number of hydrogen-bond donors (Lipinski definition) is 2. The number of nitrogens with one attached hydrogen (secondary N) is 2. The van der Waals surface area contributed by atoms with Crippen molar-refractivity contribution in [3.8, 4) is 0 Å². The molecule has 0 aromatic carbocycles. The summed E-state index contributed by atoms with van der Waals surface area (Å²) in [6.45, 7) is 4.65. The molecular formula is C13H22N2O2S2. The van der Waals surface area contributed by atoms with Crippen LogP contribution < -0.4 is 10.0 Å². The van der Waals surface area contributed by atoms with Crippen molar-refractivity contribution in [3.05, 3.63) is 16.3 Å². The van der Waals surface area contributed by atoms with Crippen molar-refractivity contribution in [1.82, 2.24) is 10.0 Å². The van der Waals surface area contributed by atoms with Crippen LogP contribution in [0.3, 0.4) is 0 Å². The second kappa shape index (κ2) is 6.35. The van der Waals surface area contributed by atoms with Crippen LogP contribution in [0.15, 0.2) is 16.3 Å². The highest BCUT2D eigenvalue weighted by Gasteiger charge is 2.25. The largest absolute Gasteiger partial charge is 0.309 e. The van der Waals surface area contributed by atoms with E-state index in [2.05, 4.69) is 10.0 Å². The van der Waals surface area contributed by atoms with E-state index in [4.69, 9.17) is 0 Å². The fraction of sp³-hybridized carbons (Fsp3) is 0.692. The molecule has 1 fully saturated rings. The Labute approximate surface area is 119 Å². The van der Waals surface area contributed by atoms with Crippen LogP contribution in [0, 0.1) is 0 Å². The topological polar surface area (TPSA) is 58.2 Å². The lowest BCUT2D eigenvalue weighted by molar-refractivity contribution is 0.529. The van der Waals surface area contributed by atoms with Gasteiger partial charge in [-0.15, -0.1) is 11.3 Å². The third-order valence-corrected chi connectivity index (χ3v) is 6.09. The van der Waals surface area contributed by atoms with Crippen LogP contribution in [0.1, 0.15) is 44.4 Å². The van der Waals surface area contributed by atoms with Crippen LogP contribution in [0.25, 0.3) is 0 Å². The standard InChI is InChI=1S/C13H22N2O2S2/c1-3-10(4-2)15-19(16,17)13-7-8-18-12(13)9-14-11-5-6-11/h7-8,10-11,14-15H,3-6,9H2,1-2H3. The van der Waals surface area contributed by atoms with E-state index in [0.29, 0.717) is 17.5 Å². The summed E-state index contributed by atoms with van der Waals surface area (Å²) in [7, 11) is -3.38. The number of sulfonamides is 1. The molecule has 4 nitrogen and oxygen atoms in total. The molecule has 1 heterocycles. The van der Waals surface area contributed by atoms with Crippen molar-refractivity contribution in [2.24, 2.45) is 0 Å². The zero-order valence-corrected chi connectivity index (χ0v) is 13.1. The molecule has 19 heavy (non-hydrogen) atoms. The Hall–Kier alpha value is -0.430. The molecule has 1 aromatic rings. The molecule has 2 N–H and O–H groups in total. The van der Waals surface area contributed by atoms with Gasteiger partial charge in [0.1, 0.15) is 0 Å². The zero-order valence-electron chi connectivity index (χ0n) is 11.5. The second-order valence-corrected chi connectivity index (χ2v) is 7.68. The first kappa shape index (κ1) is 15.0. The Kier molecular flexibility index (Phi) is 5.00. The van der Waals surface area contributed by atoms with Gasteiger partial charge in [-0.2, -0.15) is 0 Å². The molecule has 0 radical (unpaired) electrons. The Morgan fingerprint density at radius 3 is 2.63 bits per heavy atom. The molecular weight excluding hydrogens is 280 g/mol. The van der Waals surface area contributed by atoms with Crippen LogP contribution in [0.4, 0.5) is 0 Å². The minimum atomic E-state index is -3.38. The lowest BCUT2D eigenvalue weighted by atomic mass is 10.2. The summed E-state index contributed by atoms with van der Waals surface area (Å²) in [4.78, 5) is 1.35. The molecule has 0 saturated heterocycles. The predicted molar refractivity (Wildman–Crippen MR) is 78.9 cm³/mol. The van der Waals surface area contributed by atoms with Gasteiger partial charge in [-0.1, -0.05) is 13.8 Å². The third kappa shape index (κ3) is 4.02. The molecule has 0 amide bonds. The van der Waals surface area contributed by atoms with E-state index in [-0.39, 0.29) is 6.04 Å². The lowest BCUT2D eigenvalue weighted by Gasteiger charge is -2.15. The summed E-state index contributed by atoms with van der Waals surface area (Å²) >= 11 is 1.51. The number of rotatable bonds is 8. The van der Waals surface area contributed by atoms with E-state index in [1.54, 1.807) is 6.07 Å². The zero-order chi connectivity index (χ0) is 13.9. The average Bonchev–Trinajstić information content (AvgIpc) is 3.09. The van der Waals surface area contributed by atoms with E-state index >= 15 is 0 Å². The van der Waals surface area contributed by atoms with Crippen molar-refractivity contribution in [3.63, 3.8) is 0 Å². The second-order valence-electron chi connectivity index (χ2n) is 5.00. The van der Waals surface area contributed by atoms with Crippen molar-refractivity contribution in [2.75, 3.05) is 0 Å². The van der Waals surface area contributed by atoms with Crippen molar-refractivity contribution < 1.29 is 8.42 Å². The van der Waals surface area contributed by atoms with Crippen molar-refractivity contribution in [1.29, 1.82) is 0 Å². The number of hydrogen-bond acceptors (Lipinski definition) is 4. The maximum atomic E-state index is 12.4. The predicted octanol–water partition coefficient (Wildman–Crippen LogP) is 2.47. The highest BCUT2D eigenvalue weighted by molar-refractivity contribution is 7.89. The fourth-order valence-electron chi connectivity index (χ4n) is 1.96. The summed E-state index contributed by atoms with van der Waals surface area (Å²) in [5, 5.41) is 5.22. The molecule has 2 rings (SSSR count). The van der Waals surface area contributed by atoms with Crippen molar-refractivity contribution >= 4 is 21.4 Å². The molecule has 1 aliphatic rings. The van der Waals surface area contributed by atoms with E-state index in [1.807, 2.05) is 19.2 Å². The SMILES string of the molecule is CCC(CC)NS(=O)(=O)c1ccsc1CNC1CC1. The summed E-state index contributed by atoms with van der Waals surface area (Å²) in [5.41, 5.74) is 0. The Bertz CT molecular complexity index is 502. The quantitative estimate of drug-likeness (QED) is 0.775. The summed E-state index contributed by atoms with van der Waals surface area (Å²) in [6.07, 6.45) is 4.05. The molecule has 0 bridgehead atoms. The van der Waals surface area contributed by atoms with Crippen molar-refractivity contribution in [2.45, 2.75) is 63.1 Å². The lowest BCUT2D eigenvalue weighted by Crippen LogP contribution is -2.34. The van der Waals surface area contributed by atoms with Gasteiger partial charge < -0.3 is 5.32 Å². The van der Waals surface area contributed by atoms with Crippen LogP contribution in [0.5, 0.6) is 0 Å². The molecule has 1 aromatic heterocycles. The van der Waals surface area contributed by atoms with Gasteiger partial charge in [-0.25, -0.2) is 13.1 Å². The van der Waals surface area contributed by atoms with Crippen LogP contribution in [-0.4, -0.2) is 20.5 Å². The molecule has 1 aliphatic carbocycles. The minimum Gasteiger partial charge on any atom is -0.309 e. The maximum absolute atomic E-state index is 12.4. The van der Waals surface area contributed by atoms with Gasteiger partial charge in [0.2, 0.25) is 10.0 Å². The molecule has 6 heteroatoms. The molecule has 0 spiro atoms. The summed E-state index contributed by atoms with van der Waals surface area (Å²) in [6, 6.07) is 2.32. The van der Waals surface area contributed by atoms with Crippen LogP contribution in [-0.2, 0) is 16.6 Å². The molecule has 1 saturated carbocycles. The van der Waals surface area contributed by atoms with Gasteiger partial charge in [0.15, 0.2) is 0 Å². The highest BCUT2D eigenvalue weighted by Crippen LogP contribution is 2.25. The first-order chi connectivity index (χ1) is 9.06. The monoisotopic (exact) mass is 302 g/mol. The van der Waals surface area contributed by atoms with Gasteiger partial charge in [0, 0.05) is 23.5 Å². The maximum Gasteiger partial charge on any atom is 0.241 e. The van der Waals surface area contributed by atoms with Gasteiger partial charge in [0.05, 0.1) is 4.90 Å². The normalized spacial score (nSPS) is 16.2. The Morgan fingerprint density at radius 1 is 1.37 bits per heavy atom. The van der Waals surface area contributed by atoms with Gasteiger partial charge in [-0.05, 0) is 37.1 Å². The first-order valence-electron chi connectivity index (χ1n) is 6.89. The number of thiophene rings is 1. The van der Waals surface area contributed by atoms with E-state index in [9.17, 15) is 8.42 Å². The van der Waals surface area contributed by atoms with Gasteiger partial charge in [0.25, 0.3) is 0 Å². The summed E-state index contributed by atoms with van der Waals surface area (Å²) < 4.78 is 27.5. The van der Waals surface area contributed by atoms with Crippen LogP contribution in [0.2, 0.25) is 0 Å². The van der Waals surface area contributed by atoms with E-state index in [1.165, 1.54) is 24.2 Å². The molecule has 0 atom stereocenters. The Balaban J connectivity index is 2.08. The highest BCUT2D eigenvalue weighted by atomic mass is 32.2. The fourth-order valence-corrected chi connectivity index (χ4v) is 4.76. The third-order valence-electron chi connectivity index (χ3n) is 3.43. The first-order valence-corrected chi connectivity index (χ1v) is 9.25. The minimum absolute atomic E-state index is 0.0224. The molecule has 108 valence electrons. The Morgan fingerprint density at radius 2 is 2.05 bits per heavy atom. The van der Waals surface area contributed by atoms with E-state index in [0.717, 1.165) is 17.7 Å². The van der Waals surface area contributed by atoms with E-state index < -0.39 is 10.0 Å². The van der Waals surface area contributed by atoms with Gasteiger partial charge in [-0.3, -0.25) is 0 Å². The average molecular weight is 302 g/mol. The summed E-state index contributed by atoms with van der Waals surface area (Å²) in [5.74, 6) is 0. The molecule has 0 aliphatic heterocycles. The molecule has 0 unspecified atom stereocenters. The van der Waals surface area contributed by atoms with Crippen LogP contribution >= 0.6 is 11.3 Å².